The van der Waals surface area contributed by atoms with E-state index in [4.69, 9.17) is 9.15 Å². The van der Waals surface area contributed by atoms with E-state index in [2.05, 4.69) is 4.72 Å². The van der Waals surface area contributed by atoms with Crippen LogP contribution in [0.5, 0.6) is 0 Å². The molecule has 0 bridgehead atoms. The number of ether oxygens (including phenoxy) is 1. The Labute approximate surface area is 139 Å². The highest BCUT2D eigenvalue weighted by molar-refractivity contribution is 7.92. The zero-order chi connectivity index (χ0) is 17.9. The molecule has 0 saturated carbocycles. The monoisotopic (exact) mass is 351 g/mol. The SMILES string of the molecule is Cc1ccoc1C(=O)O[C@H](C)C(=O)c1ccc(NS(C)(=O)=O)cc1. The summed E-state index contributed by atoms with van der Waals surface area (Å²) in [6, 6.07) is 7.45. The van der Waals surface area contributed by atoms with E-state index in [9.17, 15) is 18.0 Å². The molecule has 1 atom stereocenters. The number of benzene rings is 1. The number of rotatable bonds is 6. The molecule has 24 heavy (non-hydrogen) atoms. The summed E-state index contributed by atoms with van der Waals surface area (Å²) >= 11 is 0. The zero-order valence-electron chi connectivity index (χ0n) is 13.4. The number of Topliss-reactive ketones (excluding diaryl/α,β-unsaturated/α-hetero) is 1. The summed E-state index contributed by atoms with van der Waals surface area (Å²) < 4.78 is 34.7. The minimum Gasteiger partial charge on any atom is -0.457 e. The van der Waals surface area contributed by atoms with Crippen molar-refractivity contribution in [1.29, 1.82) is 0 Å². The minimum atomic E-state index is -3.39. The predicted octanol–water partition coefficient (Wildman–Crippen LogP) is 2.39. The summed E-state index contributed by atoms with van der Waals surface area (Å²) in [4.78, 5) is 24.2. The molecule has 1 aromatic carbocycles. The van der Waals surface area contributed by atoms with Gasteiger partial charge in [0.2, 0.25) is 21.6 Å². The van der Waals surface area contributed by atoms with E-state index < -0.39 is 27.9 Å². The third kappa shape index (κ3) is 4.45. The number of hydrogen-bond acceptors (Lipinski definition) is 6. The lowest BCUT2D eigenvalue weighted by atomic mass is 10.1. The third-order valence-corrected chi connectivity index (χ3v) is 3.78. The molecule has 2 rings (SSSR count). The average molecular weight is 351 g/mol. The highest BCUT2D eigenvalue weighted by Gasteiger charge is 2.23. The van der Waals surface area contributed by atoms with Crippen molar-refractivity contribution in [3.63, 3.8) is 0 Å². The Morgan fingerprint density at radius 1 is 1.17 bits per heavy atom. The maximum absolute atomic E-state index is 12.3. The second-order valence-corrected chi connectivity index (χ2v) is 7.04. The topological polar surface area (TPSA) is 103 Å². The number of esters is 1. The highest BCUT2D eigenvalue weighted by Crippen LogP contribution is 2.16. The van der Waals surface area contributed by atoms with Crippen LogP contribution in [0.3, 0.4) is 0 Å². The lowest BCUT2D eigenvalue weighted by Gasteiger charge is -2.12. The van der Waals surface area contributed by atoms with Gasteiger partial charge in [-0.1, -0.05) is 0 Å². The van der Waals surface area contributed by atoms with Crippen molar-refractivity contribution in [2.45, 2.75) is 20.0 Å². The smallest absolute Gasteiger partial charge is 0.375 e. The molecule has 7 nitrogen and oxygen atoms in total. The van der Waals surface area contributed by atoms with Crippen molar-refractivity contribution >= 4 is 27.5 Å². The van der Waals surface area contributed by atoms with Gasteiger partial charge in [-0.05, 0) is 44.2 Å². The quantitative estimate of drug-likeness (QED) is 0.633. The van der Waals surface area contributed by atoms with E-state index in [1.165, 1.54) is 37.5 Å². The van der Waals surface area contributed by atoms with Gasteiger partial charge in [0.1, 0.15) is 0 Å². The number of aryl methyl sites for hydroxylation is 1. The lowest BCUT2D eigenvalue weighted by molar-refractivity contribution is 0.0288. The summed E-state index contributed by atoms with van der Waals surface area (Å²) in [5, 5.41) is 0. The molecule has 0 radical (unpaired) electrons. The number of furan rings is 1. The fraction of sp³-hybridized carbons (Fsp3) is 0.250. The fourth-order valence-electron chi connectivity index (χ4n) is 2.00. The van der Waals surface area contributed by atoms with Crippen LogP contribution < -0.4 is 4.72 Å². The Morgan fingerprint density at radius 2 is 1.79 bits per heavy atom. The molecule has 0 aliphatic rings. The number of anilines is 1. The fourth-order valence-corrected chi connectivity index (χ4v) is 2.57. The molecule has 0 fully saturated rings. The van der Waals surface area contributed by atoms with Crippen LogP contribution in [0.15, 0.2) is 41.0 Å². The lowest BCUT2D eigenvalue weighted by Crippen LogP contribution is -2.24. The zero-order valence-corrected chi connectivity index (χ0v) is 14.2. The molecule has 0 saturated heterocycles. The van der Waals surface area contributed by atoms with Crippen LogP contribution in [0.1, 0.15) is 33.4 Å². The summed E-state index contributed by atoms with van der Waals surface area (Å²) in [6.07, 6.45) is 1.39. The molecule has 0 amide bonds. The molecule has 1 N–H and O–H groups in total. The summed E-state index contributed by atoms with van der Waals surface area (Å²) in [5.74, 6) is -1.06. The van der Waals surface area contributed by atoms with Gasteiger partial charge in [-0.3, -0.25) is 9.52 Å². The highest BCUT2D eigenvalue weighted by atomic mass is 32.2. The number of nitrogens with one attached hydrogen (secondary N) is 1. The number of hydrogen-bond donors (Lipinski definition) is 1. The van der Waals surface area contributed by atoms with Gasteiger partial charge in [0.15, 0.2) is 6.10 Å². The normalized spacial score (nSPS) is 12.5. The van der Waals surface area contributed by atoms with E-state index in [0.29, 0.717) is 16.8 Å². The maximum atomic E-state index is 12.3. The van der Waals surface area contributed by atoms with Crippen molar-refractivity contribution in [1.82, 2.24) is 0 Å². The van der Waals surface area contributed by atoms with Crippen LogP contribution in [0.25, 0.3) is 0 Å². The molecule has 2 aromatic rings. The van der Waals surface area contributed by atoms with Gasteiger partial charge in [-0.2, -0.15) is 0 Å². The molecule has 8 heteroatoms. The van der Waals surface area contributed by atoms with Gasteiger partial charge in [-0.15, -0.1) is 0 Å². The van der Waals surface area contributed by atoms with E-state index in [0.717, 1.165) is 6.26 Å². The number of carbonyl (C=O) groups excluding carboxylic acids is 2. The Morgan fingerprint density at radius 3 is 2.29 bits per heavy atom. The standard InChI is InChI=1S/C16H17NO6S/c1-10-8-9-22-15(10)16(19)23-11(2)14(18)12-4-6-13(7-5-12)17-24(3,20)21/h4-9,11,17H,1-3H3/t11-/m1/s1. The molecular weight excluding hydrogens is 334 g/mol. The third-order valence-electron chi connectivity index (χ3n) is 3.17. The van der Waals surface area contributed by atoms with E-state index in [1.54, 1.807) is 13.0 Å². The number of ketones is 1. The van der Waals surface area contributed by atoms with Gasteiger partial charge >= 0.3 is 5.97 Å². The van der Waals surface area contributed by atoms with Crippen molar-refractivity contribution in [3.05, 3.63) is 53.5 Å². The van der Waals surface area contributed by atoms with Crippen LogP contribution in [0, 0.1) is 6.92 Å². The Bertz CT molecular complexity index is 851. The van der Waals surface area contributed by atoms with Gasteiger partial charge in [0.05, 0.1) is 12.5 Å². The van der Waals surface area contributed by atoms with Gasteiger partial charge in [0.25, 0.3) is 0 Å². The Balaban J connectivity index is 2.05. The van der Waals surface area contributed by atoms with Crippen LogP contribution in [0.2, 0.25) is 0 Å². The average Bonchev–Trinajstić information content (AvgIpc) is 2.92. The minimum absolute atomic E-state index is 0.0577. The van der Waals surface area contributed by atoms with Crippen LogP contribution in [0.4, 0.5) is 5.69 Å². The van der Waals surface area contributed by atoms with Crippen molar-refractivity contribution in [2.24, 2.45) is 0 Å². The van der Waals surface area contributed by atoms with Gasteiger partial charge in [0, 0.05) is 16.8 Å². The molecule has 0 spiro atoms. The number of sulfonamides is 1. The van der Waals surface area contributed by atoms with E-state index in [1.807, 2.05) is 0 Å². The summed E-state index contributed by atoms with van der Waals surface area (Å²) in [7, 11) is -3.39. The molecule has 1 heterocycles. The molecule has 1 aromatic heterocycles. The van der Waals surface area contributed by atoms with E-state index in [-0.39, 0.29) is 5.76 Å². The van der Waals surface area contributed by atoms with Crippen LogP contribution >= 0.6 is 0 Å². The first kappa shape index (κ1) is 17.7. The first-order valence-electron chi connectivity index (χ1n) is 7.04. The van der Waals surface area contributed by atoms with Gasteiger partial charge in [-0.25, -0.2) is 13.2 Å². The number of carbonyl (C=O) groups is 2. The van der Waals surface area contributed by atoms with E-state index >= 15 is 0 Å². The largest absolute Gasteiger partial charge is 0.457 e. The van der Waals surface area contributed by atoms with Gasteiger partial charge < -0.3 is 9.15 Å². The Kier molecular flexibility index (Phi) is 5.08. The first-order chi connectivity index (χ1) is 11.2. The van der Waals surface area contributed by atoms with Crippen LogP contribution in [-0.4, -0.2) is 32.5 Å². The van der Waals surface area contributed by atoms with Crippen molar-refractivity contribution < 1.29 is 27.2 Å². The molecule has 0 aliphatic heterocycles. The Hall–Kier alpha value is -2.61. The molecule has 128 valence electrons. The maximum Gasteiger partial charge on any atom is 0.375 e. The second kappa shape index (κ2) is 6.88. The predicted molar refractivity (Wildman–Crippen MR) is 87.6 cm³/mol. The van der Waals surface area contributed by atoms with Crippen molar-refractivity contribution in [3.8, 4) is 0 Å². The summed E-state index contributed by atoms with van der Waals surface area (Å²) in [5.41, 5.74) is 1.26. The summed E-state index contributed by atoms with van der Waals surface area (Å²) in [6.45, 7) is 3.15. The molecular formula is C16H17NO6S. The molecule has 0 aliphatic carbocycles. The molecule has 0 unspecified atom stereocenters. The second-order valence-electron chi connectivity index (χ2n) is 5.30. The van der Waals surface area contributed by atoms with Crippen molar-refractivity contribution in [2.75, 3.05) is 11.0 Å². The first-order valence-corrected chi connectivity index (χ1v) is 8.93. The van der Waals surface area contributed by atoms with Crippen LogP contribution in [-0.2, 0) is 14.8 Å².